The molecule has 2 aromatic rings. The van der Waals surface area contributed by atoms with Crippen LogP contribution in [0.3, 0.4) is 0 Å². The van der Waals surface area contributed by atoms with E-state index in [1.165, 1.54) is 19.1 Å². The van der Waals surface area contributed by atoms with Crippen LogP contribution in [-0.2, 0) is 14.4 Å². The minimum Gasteiger partial charge on any atom is -0.497 e. The Morgan fingerprint density at radius 3 is 2.12 bits per heavy atom. The number of nitrogens with zero attached hydrogens (tertiary/aromatic N) is 1. The van der Waals surface area contributed by atoms with Gasteiger partial charge in [-0.05, 0) is 48.9 Å². The highest BCUT2D eigenvalue weighted by molar-refractivity contribution is 6.45. The predicted molar refractivity (Wildman–Crippen MR) is 98.6 cm³/mol. The van der Waals surface area contributed by atoms with Gasteiger partial charge in [0.15, 0.2) is 0 Å². The molecule has 0 radical (unpaired) electrons. The Bertz CT molecular complexity index is 801. The van der Waals surface area contributed by atoms with Crippen molar-refractivity contribution in [3.8, 4) is 5.75 Å². The van der Waals surface area contributed by atoms with Crippen LogP contribution in [0.1, 0.15) is 25.5 Å². The van der Waals surface area contributed by atoms with E-state index in [1.54, 1.807) is 50.4 Å². The molecule has 0 aromatic heterocycles. The third-order valence-corrected chi connectivity index (χ3v) is 3.83. The van der Waals surface area contributed by atoms with Gasteiger partial charge >= 0.3 is 11.8 Å². The fraction of sp³-hybridized carbons (Fsp3) is 0.211. The van der Waals surface area contributed by atoms with Crippen LogP contribution in [0.5, 0.6) is 5.75 Å². The molecule has 1 atom stereocenters. The number of imide groups is 1. The van der Waals surface area contributed by atoms with Gasteiger partial charge in [0, 0.05) is 12.6 Å². The molecule has 136 valence electrons. The van der Waals surface area contributed by atoms with Crippen molar-refractivity contribution in [1.82, 2.24) is 5.32 Å². The van der Waals surface area contributed by atoms with Crippen LogP contribution in [-0.4, -0.2) is 24.8 Å². The van der Waals surface area contributed by atoms with Gasteiger partial charge in [-0.3, -0.25) is 14.4 Å². The summed E-state index contributed by atoms with van der Waals surface area (Å²) in [6, 6.07) is 12.8. The Hall–Kier alpha value is -3.35. The largest absolute Gasteiger partial charge is 0.497 e. The van der Waals surface area contributed by atoms with E-state index in [1.807, 2.05) is 0 Å². The van der Waals surface area contributed by atoms with Gasteiger partial charge in [0.1, 0.15) is 5.75 Å². The lowest BCUT2D eigenvalue weighted by Crippen LogP contribution is -2.46. The Kier molecular flexibility index (Phi) is 5.95. The van der Waals surface area contributed by atoms with E-state index in [4.69, 9.17) is 10.5 Å². The second kappa shape index (κ2) is 8.15. The molecule has 0 aliphatic heterocycles. The summed E-state index contributed by atoms with van der Waals surface area (Å²) in [4.78, 5) is 37.5. The number of amides is 3. The standard InChI is InChI=1S/C19H21N3O4/c1-12(14-4-10-17(26-3)11-5-14)21-18(24)19(25)22(13(2)23)16-8-6-15(20)7-9-16/h4-12H,20H2,1-3H3,(H,21,24). The molecule has 0 aliphatic carbocycles. The Balaban J connectivity index is 2.13. The van der Waals surface area contributed by atoms with Crippen molar-refractivity contribution in [2.24, 2.45) is 0 Å². The molecular formula is C19H21N3O4. The van der Waals surface area contributed by atoms with Gasteiger partial charge in [-0.1, -0.05) is 12.1 Å². The number of anilines is 2. The van der Waals surface area contributed by atoms with Crippen LogP contribution in [0, 0.1) is 0 Å². The van der Waals surface area contributed by atoms with Gasteiger partial charge in [0.25, 0.3) is 0 Å². The average molecular weight is 355 g/mol. The minimum atomic E-state index is -0.956. The van der Waals surface area contributed by atoms with Crippen molar-refractivity contribution < 1.29 is 19.1 Å². The minimum absolute atomic E-state index is 0.281. The van der Waals surface area contributed by atoms with Gasteiger partial charge < -0.3 is 15.8 Å². The maximum absolute atomic E-state index is 12.5. The summed E-state index contributed by atoms with van der Waals surface area (Å²) in [6.07, 6.45) is 0. The van der Waals surface area contributed by atoms with E-state index < -0.39 is 23.8 Å². The summed E-state index contributed by atoms with van der Waals surface area (Å²) in [5.41, 5.74) is 7.18. The quantitative estimate of drug-likeness (QED) is 0.645. The fourth-order valence-electron chi connectivity index (χ4n) is 2.40. The summed E-state index contributed by atoms with van der Waals surface area (Å²) in [6.45, 7) is 2.96. The SMILES string of the molecule is COc1ccc(C(C)NC(=O)C(=O)N(C(C)=O)c2ccc(N)cc2)cc1. The van der Waals surface area contributed by atoms with Crippen molar-refractivity contribution in [2.75, 3.05) is 17.7 Å². The highest BCUT2D eigenvalue weighted by atomic mass is 16.5. The summed E-state index contributed by atoms with van der Waals surface area (Å²) < 4.78 is 5.09. The first-order valence-corrected chi connectivity index (χ1v) is 7.98. The summed E-state index contributed by atoms with van der Waals surface area (Å²) in [5, 5.41) is 2.60. The van der Waals surface area contributed by atoms with Crippen molar-refractivity contribution in [1.29, 1.82) is 0 Å². The monoisotopic (exact) mass is 355 g/mol. The van der Waals surface area contributed by atoms with E-state index in [-0.39, 0.29) is 5.69 Å². The number of nitrogen functional groups attached to an aromatic ring is 1. The molecular weight excluding hydrogens is 334 g/mol. The second-order valence-corrected chi connectivity index (χ2v) is 5.72. The van der Waals surface area contributed by atoms with Crippen LogP contribution in [0.25, 0.3) is 0 Å². The summed E-state index contributed by atoms with van der Waals surface area (Å²) in [7, 11) is 1.56. The maximum Gasteiger partial charge on any atom is 0.323 e. The molecule has 0 saturated carbocycles. The smallest absolute Gasteiger partial charge is 0.323 e. The fourth-order valence-corrected chi connectivity index (χ4v) is 2.40. The molecule has 0 heterocycles. The number of nitrogens with one attached hydrogen (secondary N) is 1. The lowest BCUT2D eigenvalue weighted by Gasteiger charge is -2.20. The lowest BCUT2D eigenvalue weighted by molar-refractivity contribution is -0.139. The average Bonchev–Trinajstić information content (AvgIpc) is 2.63. The molecule has 0 bridgehead atoms. The third-order valence-electron chi connectivity index (χ3n) is 3.83. The molecule has 0 aliphatic rings. The van der Waals surface area contributed by atoms with E-state index in [0.717, 1.165) is 10.5 Å². The first-order valence-electron chi connectivity index (χ1n) is 7.98. The zero-order valence-electron chi connectivity index (χ0n) is 14.9. The number of methoxy groups -OCH3 is 1. The molecule has 0 spiro atoms. The van der Waals surface area contributed by atoms with Gasteiger partial charge in [0.05, 0.1) is 18.8 Å². The number of benzene rings is 2. The Labute approximate surface area is 151 Å². The van der Waals surface area contributed by atoms with Crippen molar-refractivity contribution in [3.05, 3.63) is 54.1 Å². The Morgan fingerprint density at radius 2 is 1.62 bits per heavy atom. The van der Waals surface area contributed by atoms with Crippen LogP contribution in [0.15, 0.2) is 48.5 Å². The van der Waals surface area contributed by atoms with Gasteiger partial charge in [-0.2, -0.15) is 0 Å². The zero-order valence-corrected chi connectivity index (χ0v) is 14.9. The normalized spacial score (nSPS) is 11.3. The van der Waals surface area contributed by atoms with Gasteiger partial charge in [-0.15, -0.1) is 0 Å². The number of carbonyl (C=O) groups is 3. The van der Waals surface area contributed by atoms with Gasteiger partial charge in [-0.25, -0.2) is 4.90 Å². The summed E-state index contributed by atoms with van der Waals surface area (Å²) >= 11 is 0. The number of rotatable bonds is 4. The van der Waals surface area contributed by atoms with E-state index in [0.29, 0.717) is 11.4 Å². The molecule has 1 unspecified atom stereocenters. The number of hydrogen-bond acceptors (Lipinski definition) is 5. The van der Waals surface area contributed by atoms with E-state index in [9.17, 15) is 14.4 Å². The van der Waals surface area contributed by atoms with Crippen molar-refractivity contribution in [3.63, 3.8) is 0 Å². The Morgan fingerprint density at radius 1 is 1.04 bits per heavy atom. The van der Waals surface area contributed by atoms with Gasteiger partial charge in [0.2, 0.25) is 5.91 Å². The van der Waals surface area contributed by atoms with Crippen LogP contribution >= 0.6 is 0 Å². The molecule has 0 saturated heterocycles. The molecule has 7 heteroatoms. The predicted octanol–water partition coefficient (Wildman–Crippen LogP) is 2.03. The molecule has 7 nitrogen and oxygen atoms in total. The van der Waals surface area contributed by atoms with E-state index >= 15 is 0 Å². The number of ether oxygens (including phenoxy) is 1. The molecule has 2 aromatic carbocycles. The molecule has 26 heavy (non-hydrogen) atoms. The van der Waals surface area contributed by atoms with Crippen LogP contribution in [0.2, 0.25) is 0 Å². The van der Waals surface area contributed by atoms with Crippen LogP contribution < -0.4 is 20.7 Å². The number of hydrogen-bond donors (Lipinski definition) is 2. The topological polar surface area (TPSA) is 102 Å². The molecule has 0 fully saturated rings. The second-order valence-electron chi connectivity index (χ2n) is 5.72. The maximum atomic E-state index is 12.5. The van der Waals surface area contributed by atoms with Crippen LogP contribution in [0.4, 0.5) is 11.4 Å². The highest BCUT2D eigenvalue weighted by Gasteiger charge is 2.27. The third kappa shape index (κ3) is 4.38. The first kappa shape index (κ1) is 19.0. The number of carbonyl (C=O) groups excluding carboxylic acids is 3. The molecule has 2 rings (SSSR count). The lowest BCUT2D eigenvalue weighted by atomic mass is 10.1. The highest BCUT2D eigenvalue weighted by Crippen LogP contribution is 2.19. The van der Waals surface area contributed by atoms with Crippen molar-refractivity contribution in [2.45, 2.75) is 19.9 Å². The molecule has 3 N–H and O–H groups in total. The van der Waals surface area contributed by atoms with E-state index in [2.05, 4.69) is 5.32 Å². The van der Waals surface area contributed by atoms with Crippen molar-refractivity contribution >= 4 is 29.1 Å². The zero-order chi connectivity index (χ0) is 19.3. The molecule has 3 amide bonds. The first-order chi connectivity index (χ1) is 12.3. The summed E-state index contributed by atoms with van der Waals surface area (Å²) in [5.74, 6) is -1.70. The number of nitrogens with two attached hydrogens (primary N) is 1.